The van der Waals surface area contributed by atoms with Crippen molar-refractivity contribution >= 4 is 5.84 Å². The largest absolute Gasteiger partial charge is 0.475 e. The highest BCUT2D eigenvalue weighted by Gasteiger charge is 2.05. The Morgan fingerprint density at radius 1 is 1.69 bits per heavy atom. The average molecular weight is 181 g/mol. The van der Waals surface area contributed by atoms with Crippen LogP contribution in [-0.4, -0.2) is 29.1 Å². The monoisotopic (exact) mass is 181 g/mol. The second kappa shape index (κ2) is 4.42. The maximum atomic E-state index is 8.52. The first-order chi connectivity index (χ1) is 6.25. The number of aliphatic hydroxyl groups excluding tert-OH is 1. The summed E-state index contributed by atoms with van der Waals surface area (Å²) in [6, 6.07) is 3.31. The lowest BCUT2D eigenvalue weighted by Gasteiger charge is -2.06. The van der Waals surface area contributed by atoms with Crippen LogP contribution in [0.1, 0.15) is 5.56 Å². The van der Waals surface area contributed by atoms with Crippen LogP contribution in [-0.2, 0) is 0 Å². The molecule has 1 heterocycles. The fourth-order valence-electron chi connectivity index (χ4n) is 0.853. The van der Waals surface area contributed by atoms with E-state index in [9.17, 15) is 0 Å². The molecule has 13 heavy (non-hydrogen) atoms. The maximum absolute atomic E-state index is 8.52. The smallest absolute Gasteiger partial charge is 0.224 e. The second-order valence-corrected chi connectivity index (χ2v) is 2.34. The molecule has 0 radical (unpaired) electrons. The molecule has 0 bridgehead atoms. The number of rotatable bonds is 4. The molecule has 5 heteroatoms. The summed E-state index contributed by atoms with van der Waals surface area (Å²) in [5, 5.41) is 15.7. The average Bonchev–Trinajstić information content (AvgIpc) is 2.15. The molecule has 0 unspecified atom stereocenters. The van der Waals surface area contributed by atoms with Crippen molar-refractivity contribution in [3.05, 3.63) is 23.9 Å². The molecule has 0 saturated carbocycles. The van der Waals surface area contributed by atoms with Crippen LogP contribution >= 0.6 is 0 Å². The van der Waals surface area contributed by atoms with Crippen molar-refractivity contribution in [2.45, 2.75) is 0 Å². The first-order valence-corrected chi connectivity index (χ1v) is 3.78. The van der Waals surface area contributed by atoms with Gasteiger partial charge >= 0.3 is 0 Å². The first-order valence-electron chi connectivity index (χ1n) is 3.78. The summed E-state index contributed by atoms with van der Waals surface area (Å²) in [5.74, 6) is 0.185. The van der Waals surface area contributed by atoms with Crippen molar-refractivity contribution in [2.24, 2.45) is 5.73 Å². The third-order valence-corrected chi connectivity index (χ3v) is 1.39. The number of nitrogen functional groups attached to an aromatic ring is 1. The molecular weight excluding hydrogens is 170 g/mol. The molecule has 4 N–H and O–H groups in total. The number of nitrogens with zero attached hydrogens (tertiary/aromatic N) is 1. The maximum Gasteiger partial charge on any atom is 0.224 e. The summed E-state index contributed by atoms with van der Waals surface area (Å²) < 4.78 is 5.07. The van der Waals surface area contributed by atoms with Crippen molar-refractivity contribution in [2.75, 3.05) is 13.2 Å². The van der Waals surface area contributed by atoms with Gasteiger partial charge in [0.25, 0.3) is 0 Å². The van der Waals surface area contributed by atoms with Crippen molar-refractivity contribution in [3.8, 4) is 5.88 Å². The molecular formula is C8H11N3O2. The predicted octanol–water partition coefficient (Wildman–Crippen LogP) is -0.263. The van der Waals surface area contributed by atoms with E-state index in [2.05, 4.69) is 4.98 Å². The minimum absolute atomic E-state index is 0.0894. The molecule has 5 nitrogen and oxygen atoms in total. The van der Waals surface area contributed by atoms with Crippen LogP contribution in [0, 0.1) is 5.41 Å². The lowest BCUT2D eigenvalue weighted by atomic mass is 10.2. The Morgan fingerprint density at radius 3 is 3.08 bits per heavy atom. The molecule has 1 aromatic heterocycles. The summed E-state index contributed by atoms with van der Waals surface area (Å²) in [7, 11) is 0. The number of ether oxygens (including phenoxy) is 1. The van der Waals surface area contributed by atoms with Gasteiger partial charge < -0.3 is 15.6 Å². The number of pyridine rings is 1. The third kappa shape index (κ3) is 2.41. The van der Waals surface area contributed by atoms with E-state index >= 15 is 0 Å². The highest BCUT2D eigenvalue weighted by molar-refractivity contribution is 5.96. The summed E-state index contributed by atoms with van der Waals surface area (Å²) in [5.41, 5.74) is 5.73. The quantitative estimate of drug-likeness (QED) is 0.440. The molecule has 0 aliphatic heterocycles. The van der Waals surface area contributed by atoms with Crippen molar-refractivity contribution in [1.82, 2.24) is 4.98 Å². The summed E-state index contributed by atoms with van der Waals surface area (Å²) in [6.45, 7) is 0.0607. The van der Waals surface area contributed by atoms with Crippen LogP contribution in [0.5, 0.6) is 5.88 Å². The van der Waals surface area contributed by atoms with Gasteiger partial charge in [-0.25, -0.2) is 4.98 Å². The van der Waals surface area contributed by atoms with Crippen LogP contribution < -0.4 is 10.5 Å². The van der Waals surface area contributed by atoms with E-state index in [4.69, 9.17) is 21.0 Å². The third-order valence-electron chi connectivity index (χ3n) is 1.39. The van der Waals surface area contributed by atoms with Crippen LogP contribution in [0.3, 0.4) is 0 Å². The zero-order valence-corrected chi connectivity index (χ0v) is 7.03. The molecule has 0 atom stereocenters. The van der Waals surface area contributed by atoms with Gasteiger partial charge in [-0.05, 0) is 12.1 Å². The van der Waals surface area contributed by atoms with Crippen molar-refractivity contribution in [1.29, 1.82) is 5.41 Å². The Kier molecular flexibility index (Phi) is 3.22. The Labute approximate surface area is 75.7 Å². The first kappa shape index (κ1) is 9.47. The Bertz CT molecular complexity index is 301. The molecule has 0 aliphatic carbocycles. The molecule has 0 fully saturated rings. The fraction of sp³-hybridized carbons (Fsp3) is 0.250. The number of hydrogen-bond acceptors (Lipinski definition) is 4. The Balaban J connectivity index is 2.84. The minimum Gasteiger partial charge on any atom is -0.475 e. The number of nitrogens with two attached hydrogens (primary N) is 1. The molecule has 0 saturated heterocycles. The lowest BCUT2D eigenvalue weighted by molar-refractivity contribution is 0.196. The van der Waals surface area contributed by atoms with E-state index in [1.807, 2.05) is 0 Å². The van der Waals surface area contributed by atoms with E-state index in [0.29, 0.717) is 5.56 Å². The summed E-state index contributed by atoms with van der Waals surface area (Å²) >= 11 is 0. The topological polar surface area (TPSA) is 92.2 Å². The molecule has 0 amide bonds. The predicted molar refractivity (Wildman–Crippen MR) is 47.8 cm³/mol. The van der Waals surface area contributed by atoms with Crippen molar-refractivity contribution in [3.63, 3.8) is 0 Å². The van der Waals surface area contributed by atoms with E-state index in [1.165, 1.54) is 0 Å². The highest BCUT2D eigenvalue weighted by atomic mass is 16.5. The number of nitrogens with one attached hydrogen (secondary N) is 1. The minimum atomic E-state index is -0.0963. The summed E-state index contributed by atoms with van der Waals surface area (Å²) in [4.78, 5) is 3.88. The van der Waals surface area contributed by atoms with Gasteiger partial charge in [-0.15, -0.1) is 0 Å². The zero-order valence-electron chi connectivity index (χ0n) is 7.03. The molecule has 1 aromatic rings. The van der Waals surface area contributed by atoms with Crippen LogP contribution in [0.25, 0.3) is 0 Å². The van der Waals surface area contributed by atoms with Gasteiger partial charge in [0, 0.05) is 6.20 Å². The number of aliphatic hydroxyl groups is 1. The summed E-state index contributed by atoms with van der Waals surface area (Å²) in [6.07, 6.45) is 1.54. The Morgan fingerprint density at radius 2 is 2.46 bits per heavy atom. The van der Waals surface area contributed by atoms with Crippen LogP contribution in [0.15, 0.2) is 18.3 Å². The normalized spacial score (nSPS) is 9.62. The standard InChI is InChI=1S/C8H11N3O2/c9-7(10)6-2-1-3-11-8(6)13-5-4-12/h1-3,12H,4-5H2,(H3,9,10). The van der Waals surface area contributed by atoms with Crippen molar-refractivity contribution < 1.29 is 9.84 Å². The SMILES string of the molecule is N=C(N)c1cccnc1OCCO. The molecule has 0 aliphatic rings. The fourth-order valence-corrected chi connectivity index (χ4v) is 0.853. The zero-order chi connectivity index (χ0) is 9.68. The van der Waals surface area contributed by atoms with Gasteiger partial charge in [0.05, 0.1) is 12.2 Å². The molecule has 0 aromatic carbocycles. The van der Waals surface area contributed by atoms with Gasteiger partial charge in [-0.2, -0.15) is 0 Å². The number of hydrogen-bond donors (Lipinski definition) is 3. The molecule has 70 valence electrons. The van der Waals surface area contributed by atoms with E-state index < -0.39 is 0 Å². The van der Waals surface area contributed by atoms with E-state index in [1.54, 1.807) is 18.3 Å². The highest BCUT2D eigenvalue weighted by Crippen LogP contribution is 2.12. The second-order valence-electron chi connectivity index (χ2n) is 2.34. The molecule has 0 spiro atoms. The lowest BCUT2D eigenvalue weighted by Crippen LogP contribution is -2.14. The van der Waals surface area contributed by atoms with Gasteiger partial charge in [0.1, 0.15) is 12.4 Å². The van der Waals surface area contributed by atoms with Gasteiger partial charge in [0.15, 0.2) is 0 Å². The number of amidine groups is 1. The van der Waals surface area contributed by atoms with Gasteiger partial charge in [0.2, 0.25) is 5.88 Å². The van der Waals surface area contributed by atoms with E-state index in [-0.39, 0.29) is 24.9 Å². The van der Waals surface area contributed by atoms with Gasteiger partial charge in [-0.1, -0.05) is 0 Å². The molecule has 1 rings (SSSR count). The van der Waals surface area contributed by atoms with Crippen LogP contribution in [0.4, 0.5) is 0 Å². The van der Waals surface area contributed by atoms with E-state index in [0.717, 1.165) is 0 Å². The Hall–Kier alpha value is -1.62. The van der Waals surface area contributed by atoms with Crippen LogP contribution in [0.2, 0.25) is 0 Å². The number of aromatic nitrogens is 1. The van der Waals surface area contributed by atoms with Gasteiger partial charge in [-0.3, -0.25) is 5.41 Å².